The average molecular weight is 192 g/mol. The van der Waals surface area contributed by atoms with Gasteiger partial charge in [-0.15, -0.1) is 0 Å². The monoisotopic (exact) mass is 192 g/mol. The van der Waals surface area contributed by atoms with Gasteiger partial charge in [0.2, 0.25) is 0 Å². The zero-order valence-corrected chi connectivity index (χ0v) is 8.15. The first-order valence-electron chi connectivity index (χ1n) is 4.38. The second-order valence-corrected chi connectivity index (χ2v) is 3.42. The molecule has 0 amide bonds. The van der Waals surface area contributed by atoms with Crippen LogP contribution in [0.1, 0.15) is 46.0 Å². The van der Waals surface area contributed by atoms with E-state index in [1.165, 1.54) is 0 Å². The minimum absolute atomic E-state index is 0.0752. The Morgan fingerprint density at radius 2 is 2.07 bits per heavy atom. The van der Waals surface area contributed by atoms with Gasteiger partial charge >= 0.3 is 5.97 Å². The zero-order valence-electron chi connectivity index (χ0n) is 8.15. The van der Waals surface area contributed by atoms with Crippen LogP contribution < -0.4 is 0 Å². The molecule has 0 heterocycles. The number of carboxylic acid groups (broad SMARTS) is 1. The largest absolute Gasteiger partial charge is 0.478 e. The molecule has 0 aliphatic rings. The standard InChI is InChI=1S/C11H12O3/c1-7(2)8-3-4-9(6-12)10(5-8)11(13)14/h3-7H,1-2H3,(H,13,14). The number of hydrogen-bond donors (Lipinski definition) is 1. The highest BCUT2D eigenvalue weighted by Gasteiger charge is 2.11. The second kappa shape index (κ2) is 4.05. The van der Waals surface area contributed by atoms with Crippen LogP contribution in [0.3, 0.4) is 0 Å². The second-order valence-electron chi connectivity index (χ2n) is 3.42. The number of carbonyl (C=O) groups excluding carboxylic acids is 1. The number of carboxylic acids is 1. The third-order valence-electron chi connectivity index (χ3n) is 2.10. The van der Waals surface area contributed by atoms with Crippen LogP contribution in [0, 0.1) is 0 Å². The summed E-state index contributed by atoms with van der Waals surface area (Å²) in [5.74, 6) is -0.802. The minimum Gasteiger partial charge on any atom is -0.478 e. The van der Waals surface area contributed by atoms with Crippen LogP contribution in [0.4, 0.5) is 0 Å². The predicted octanol–water partition coefficient (Wildman–Crippen LogP) is 2.32. The maximum atomic E-state index is 10.8. The molecule has 0 atom stereocenters. The summed E-state index contributed by atoms with van der Waals surface area (Å²) in [5.41, 5.74) is 1.22. The molecule has 1 aromatic carbocycles. The predicted molar refractivity (Wildman–Crippen MR) is 52.9 cm³/mol. The maximum Gasteiger partial charge on any atom is 0.336 e. The number of benzene rings is 1. The van der Waals surface area contributed by atoms with Crippen molar-refractivity contribution in [2.75, 3.05) is 0 Å². The van der Waals surface area contributed by atoms with Crippen LogP contribution in [-0.2, 0) is 0 Å². The number of hydrogen-bond acceptors (Lipinski definition) is 2. The Morgan fingerprint density at radius 3 is 2.50 bits per heavy atom. The van der Waals surface area contributed by atoms with Crippen molar-refractivity contribution in [1.82, 2.24) is 0 Å². The van der Waals surface area contributed by atoms with E-state index in [0.717, 1.165) is 5.56 Å². The molecule has 0 aromatic heterocycles. The molecule has 0 aliphatic heterocycles. The van der Waals surface area contributed by atoms with Gasteiger partial charge in [0.1, 0.15) is 0 Å². The van der Waals surface area contributed by atoms with Crippen molar-refractivity contribution in [3.05, 3.63) is 34.9 Å². The molecule has 0 saturated heterocycles. The van der Waals surface area contributed by atoms with Gasteiger partial charge in [-0.05, 0) is 17.5 Å². The van der Waals surface area contributed by atoms with E-state index in [2.05, 4.69) is 0 Å². The minimum atomic E-state index is -1.06. The van der Waals surface area contributed by atoms with Crippen LogP contribution in [-0.4, -0.2) is 17.4 Å². The Bertz CT molecular complexity index is 367. The van der Waals surface area contributed by atoms with Gasteiger partial charge in [0.05, 0.1) is 5.56 Å². The van der Waals surface area contributed by atoms with Crippen molar-refractivity contribution in [2.24, 2.45) is 0 Å². The first kappa shape index (κ1) is 10.4. The smallest absolute Gasteiger partial charge is 0.336 e. The normalized spacial score (nSPS) is 10.2. The number of rotatable bonds is 3. The Balaban J connectivity index is 3.27. The van der Waals surface area contributed by atoms with Crippen LogP contribution in [0.25, 0.3) is 0 Å². The molecule has 0 fully saturated rings. The molecule has 74 valence electrons. The lowest BCUT2D eigenvalue weighted by molar-refractivity contribution is 0.0694. The van der Waals surface area contributed by atoms with Gasteiger partial charge in [-0.25, -0.2) is 4.79 Å². The van der Waals surface area contributed by atoms with Gasteiger partial charge in [0.25, 0.3) is 0 Å². The van der Waals surface area contributed by atoms with E-state index in [-0.39, 0.29) is 17.0 Å². The summed E-state index contributed by atoms with van der Waals surface area (Å²) in [4.78, 5) is 21.3. The molecule has 1 aromatic rings. The van der Waals surface area contributed by atoms with Crippen molar-refractivity contribution in [2.45, 2.75) is 19.8 Å². The SMILES string of the molecule is CC(C)c1ccc(C=O)c(C(=O)O)c1. The van der Waals surface area contributed by atoms with E-state index in [1.54, 1.807) is 18.2 Å². The number of aldehydes is 1. The lowest BCUT2D eigenvalue weighted by atomic mass is 9.98. The zero-order chi connectivity index (χ0) is 10.7. The molecule has 0 unspecified atom stereocenters. The van der Waals surface area contributed by atoms with Gasteiger partial charge in [-0.2, -0.15) is 0 Å². The van der Waals surface area contributed by atoms with Crippen molar-refractivity contribution >= 4 is 12.3 Å². The van der Waals surface area contributed by atoms with Crippen LogP contribution in [0.15, 0.2) is 18.2 Å². The summed E-state index contributed by atoms with van der Waals surface area (Å²) in [6.45, 7) is 3.95. The average Bonchev–Trinajstić information content (AvgIpc) is 2.16. The summed E-state index contributed by atoms with van der Waals surface area (Å²) in [6, 6.07) is 4.88. The summed E-state index contributed by atoms with van der Waals surface area (Å²) in [6.07, 6.45) is 0.563. The van der Waals surface area contributed by atoms with E-state index in [4.69, 9.17) is 5.11 Å². The molecule has 1 N–H and O–H groups in total. The fraction of sp³-hybridized carbons (Fsp3) is 0.273. The van der Waals surface area contributed by atoms with Crippen LogP contribution in [0.5, 0.6) is 0 Å². The van der Waals surface area contributed by atoms with E-state index in [0.29, 0.717) is 6.29 Å². The highest BCUT2D eigenvalue weighted by Crippen LogP contribution is 2.18. The highest BCUT2D eigenvalue weighted by molar-refractivity contribution is 5.97. The molecule has 1 rings (SSSR count). The summed E-state index contributed by atoms with van der Waals surface area (Å²) < 4.78 is 0. The summed E-state index contributed by atoms with van der Waals surface area (Å²) >= 11 is 0. The fourth-order valence-electron chi connectivity index (χ4n) is 1.22. The van der Waals surface area contributed by atoms with E-state index in [1.807, 2.05) is 13.8 Å². The summed E-state index contributed by atoms with van der Waals surface area (Å²) in [7, 11) is 0. The molecule has 0 saturated carbocycles. The van der Waals surface area contributed by atoms with Gasteiger partial charge in [0.15, 0.2) is 6.29 Å². The van der Waals surface area contributed by atoms with E-state index in [9.17, 15) is 9.59 Å². The Labute approximate surface area is 82.4 Å². The van der Waals surface area contributed by atoms with Gasteiger partial charge in [-0.1, -0.05) is 26.0 Å². The summed E-state index contributed by atoms with van der Waals surface area (Å²) in [5, 5.41) is 8.84. The molecule has 14 heavy (non-hydrogen) atoms. The van der Waals surface area contributed by atoms with Crippen molar-refractivity contribution in [3.8, 4) is 0 Å². The fourth-order valence-corrected chi connectivity index (χ4v) is 1.22. The van der Waals surface area contributed by atoms with Crippen LogP contribution >= 0.6 is 0 Å². The molecule has 3 heteroatoms. The Hall–Kier alpha value is -1.64. The third kappa shape index (κ3) is 1.99. The third-order valence-corrected chi connectivity index (χ3v) is 2.10. The molecular weight excluding hydrogens is 180 g/mol. The maximum absolute atomic E-state index is 10.8. The first-order valence-corrected chi connectivity index (χ1v) is 4.38. The highest BCUT2D eigenvalue weighted by atomic mass is 16.4. The Kier molecular flexibility index (Phi) is 3.02. The van der Waals surface area contributed by atoms with E-state index >= 15 is 0 Å². The topological polar surface area (TPSA) is 54.4 Å². The molecule has 0 spiro atoms. The molecular formula is C11H12O3. The van der Waals surface area contributed by atoms with Gasteiger partial charge in [0, 0.05) is 5.56 Å². The lowest BCUT2D eigenvalue weighted by Gasteiger charge is -2.07. The molecule has 3 nitrogen and oxygen atoms in total. The lowest BCUT2D eigenvalue weighted by Crippen LogP contribution is -2.03. The molecule has 0 radical (unpaired) electrons. The quantitative estimate of drug-likeness (QED) is 0.747. The first-order chi connectivity index (χ1) is 6.56. The van der Waals surface area contributed by atoms with Crippen LogP contribution in [0.2, 0.25) is 0 Å². The number of carbonyl (C=O) groups is 2. The van der Waals surface area contributed by atoms with Gasteiger partial charge in [-0.3, -0.25) is 4.79 Å². The number of aromatic carboxylic acids is 1. The van der Waals surface area contributed by atoms with Crippen molar-refractivity contribution < 1.29 is 14.7 Å². The Morgan fingerprint density at radius 1 is 1.43 bits per heavy atom. The molecule has 0 aliphatic carbocycles. The van der Waals surface area contributed by atoms with Crippen molar-refractivity contribution in [1.29, 1.82) is 0 Å². The van der Waals surface area contributed by atoms with Gasteiger partial charge < -0.3 is 5.11 Å². The van der Waals surface area contributed by atoms with Crippen molar-refractivity contribution in [3.63, 3.8) is 0 Å². The van der Waals surface area contributed by atoms with E-state index < -0.39 is 5.97 Å². The molecule has 0 bridgehead atoms.